The van der Waals surface area contributed by atoms with Crippen LogP contribution in [0.5, 0.6) is 5.75 Å². The maximum absolute atomic E-state index is 11.7. The molecule has 1 saturated carbocycles. The number of hydrogen-bond donors (Lipinski definition) is 3. The number of carbonyl (C=O) groups is 1. The van der Waals surface area contributed by atoms with E-state index in [0.717, 1.165) is 37.7 Å². The van der Waals surface area contributed by atoms with Gasteiger partial charge in [-0.15, -0.1) is 0 Å². The van der Waals surface area contributed by atoms with Crippen molar-refractivity contribution in [2.24, 2.45) is 5.92 Å². The van der Waals surface area contributed by atoms with Crippen LogP contribution in [0.2, 0.25) is 0 Å². The average Bonchev–Trinajstić information content (AvgIpc) is 2.51. The summed E-state index contributed by atoms with van der Waals surface area (Å²) >= 11 is 0. The maximum atomic E-state index is 11.7. The second-order valence-electron chi connectivity index (χ2n) is 5.97. The second kappa shape index (κ2) is 8.59. The Kier molecular flexibility index (Phi) is 6.46. The van der Waals surface area contributed by atoms with Gasteiger partial charge in [0.1, 0.15) is 5.75 Å². The van der Waals surface area contributed by atoms with Gasteiger partial charge in [0.15, 0.2) is 0 Å². The van der Waals surface area contributed by atoms with Crippen LogP contribution in [0.3, 0.4) is 0 Å². The van der Waals surface area contributed by atoms with E-state index in [4.69, 9.17) is 0 Å². The van der Waals surface area contributed by atoms with Gasteiger partial charge in [-0.05, 0) is 55.4 Å². The van der Waals surface area contributed by atoms with Gasteiger partial charge in [0, 0.05) is 12.6 Å². The summed E-state index contributed by atoms with van der Waals surface area (Å²) in [7, 11) is 0. The predicted octanol–water partition coefficient (Wildman–Crippen LogP) is 2.85. The Morgan fingerprint density at radius 2 is 2.14 bits per heavy atom. The van der Waals surface area contributed by atoms with Gasteiger partial charge < -0.3 is 15.5 Å². The topological polar surface area (TPSA) is 69.6 Å². The van der Waals surface area contributed by atoms with Crippen molar-refractivity contribution in [1.82, 2.24) is 5.32 Å². The third-order valence-electron chi connectivity index (χ3n) is 4.22. The van der Waals surface area contributed by atoms with Crippen molar-refractivity contribution in [2.75, 3.05) is 6.54 Å². The Balaban J connectivity index is 1.65. The van der Waals surface area contributed by atoms with Gasteiger partial charge >= 0.3 is 0 Å². The van der Waals surface area contributed by atoms with Crippen LogP contribution in [0.4, 0.5) is 0 Å². The highest BCUT2D eigenvalue weighted by Crippen LogP contribution is 2.27. The summed E-state index contributed by atoms with van der Waals surface area (Å²) < 4.78 is 0. The molecule has 2 atom stereocenters. The Labute approximate surface area is 131 Å². The van der Waals surface area contributed by atoms with Gasteiger partial charge in [-0.3, -0.25) is 4.79 Å². The molecular formula is C18H25NO3. The smallest absolute Gasteiger partial charge is 0.243 e. The molecule has 120 valence electrons. The number of hydrogen-bond acceptors (Lipinski definition) is 3. The number of aliphatic hydroxyl groups is 1. The van der Waals surface area contributed by atoms with Gasteiger partial charge in [0.25, 0.3) is 0 Å². The van der Waals surface area contributed by atoms with Crippen LogP contribution < -0.4 is 5.32 Å². The second-order valence-corrected chi connectivity index (χ2v) is 5.97. The molecule has 4 nitrogen and oxygen atoms in total. The Hall–Kier alpha value is -1.81. The van der Waals surface area contributed by atoms with Crippen molar-refractivity contribution in [3.63, 3.8) is 0 Å². The predicted molar refractivity (Wildman–Crippen MR) is 87.3 cm³/mol. The van der Waals surface area contributed by atoms with E-state index >= 15 is 0 Å². The van der Waals surface area contributed by atoms with E-state index in [1.807, 2.05) is 6.07 Å². The highest BCUT2D eigenvalue weighted by Gasteiger charge is 2.22. The number of rotatable bonds is 6. The number of phenolic OH excluding ortho intramolecular Hbond substituents is 1. The zero-order valence-corrected chi connectivity index (χ0v) is 12.9. The zero-order chi connectivity index (χ0) is 15.8. The van der Waals surface area contributed by atoms with Gasteiger partial charge in [-0.25, -0.2) is 0 Å². The molecule has 1 amide bonds. The van der Waals surface area contributed by atoms with Crippen LogP contribution in [-0.2, 0) is 4.79 Å². The minimum absolute atomic E-state index is 0.132. The lowest BCUT2D eigenvalue weighted by atomic mass is 9.83. The van der Waals surface area contributed by atoms with E-state index < -0.39 is 0 Å². The fourth-order valence-electron chi connectivity index (χ4n) is 2.96. The van der Waals surface area contributed by atoms with Crippen molar-refractivity contribution in [2.45, 2.75) is 44.6 Å². The van der Waals surface area contributed by atoms with Crippen LogP contribution in [0.25, 0.3) is 6.08 Å². The van der Waals surface area contributed by atoms with Gasteiger partial charge in [-0.1, -0.05) is 25.0 Å². The summed E-state index contributed by atoms with van der Waals surface area (Å²) in [6.07, 6.45) is 9.23. The fourth-order valence-corrected chi connectivity index (χ4v) is 2.96. The fraction of sp³-hybridized carbons (Fsp3) is 0.500. The van der Waals surface area contributed by atoms with E-state index in [0.29, 0.717) is 12.5 Å². The van der Waals surface area contributed by atoms with Crippen LogP contribution in [0, 0.1) is 5.92 Å². The molecule has 2 rings (SSSR count). The molecule has 1 fully saturated rings. The van der Waals surface area contributed by atoms with Crippen molar-refractivity contribution in [3.8, 4) is 5.75 Å². The first-order valence-corrected chi connectivity index (χ1v) is 8.08. The summed E-state index contributed by atoms with van der Waals surface area (Å²) in [5.74, 6) is 0.453. The molecule has 0 spiro atoms. The van der Waals surface area contributed by atoms with E-state index in [2.05, 4.69) is 5.32 Å². The molecule has 1 aromatic carbocycles. The minimum Gasteiger partial charge on any atom is -0.508 e. The Morgan fingerprint density at radius 3 is 2.91 bits per heavy atom. The van der Waals surface area contributed by atoms with Crippen LogP contribution in [0.15, 0.2) is 30.3 Å². The number of amides is 1. The molecule has 0 bridgehead atoms. The SMILES string of the molecule is O=C(/C=C/c1cccc(O)c1)NCCCC1CCCCC1O. The van der Waals surface area contributed by atoms with Gasteiger partial charge in [-0.2, -0.15) is 0 Å². The zero-order valence-electron chi connectivity index (χ0n) is 12.9. The van der Waals surface area contributed by atoms with Gasteiger partial charge in [0.2, 0.25) is 5.91 Å². The van der Waals surface area contributed by atoms with Crippen LogP contribution in [0.1, 0.15) is 44.1 Å². The third-order valence-corrected chi connectivity index (χ3v) is 4.22. The summed E-state index contributed by atoms with van der Waals surface area (Å²) in [5.41, 5.74) is 0.792. The quantitative estimate of drug-likeness (QED) is 0.559. The van der Waals surface area contributed by atoms with E-state index in [1.54, 1.807) is 24.3 Å². The summed E-state index contributed by atoms with van der Waals surface area (Å²) in [6.45, 7) is 0.631. The summed E-state index contributed by atoms with van der Waals surface area (Å²) in [6, 6.07) is 6.77. The van der Waals surface area contributed by atoms with E-state index in [-0.39, 0.29) is 17.8 Å². The monoisotopic (exact) mass is 303 g/mol. The summed E-state index contributed by atoms with van der Waals surface area (Å²) in [4.78, 5) is 11.7. The number of carbonyl (C=O) groups excluding carboxylic acids is 1. The van der Waals surface area contributed by atoms with Crippen molar-refractivity contribution in [1.29, 1.82) is 0 Å². The molecule has 0 heterocycles. The highest BCUT2D eigenvalue weighted by molar-refractivity contribution is 5.91. The normalized spacial score (nSPS) is 21.9. The first-order chi connectivity index (χ1) is 10.6. The number of aliphatic hydroxyl groups excluding tert-OH is 1. The average molecular weight is 303 g/mol. The Bertz CT molecular complexity index is 513. The molecular weight excluding hydrogens is 278 g/mol. The summed E-state index contributed by atoms with van der Waals surface area (Å²) in [5, 5.41) is 22.1. The molecule has 0 aliphatic heterocycles. The molecule has 0 saturated heterocycles. The standard InChI is InChI=1S/C18H25NO3/c20-16-8-3-5-14(13-16)10-11-18(22)19-12-4-7-15-6-1-2-9-17(15)21/h3,5,8,10-11,13,15,17,20-21H,1-2,4,6-7,9,12H2,(H,19,22)/b11-10+. The lowest BCUT2D eigenvalue weighted by Crippen LogP contribution is -2.27. The molecule has 1 aromatic rings. The molecule has 3 N–H and O–H groups in total. The van der Waals surface area contributed by atoms with Crippen molar-refractivity contribution < 1.29 is 15.0 Å². The minimum atomic E-state index is -0.157. The number of phenols is 1. The molecule has 0 radical (unpaired) electrons. The molecule has 22 heavy (non-hydrogen) atoms. The molecule has 1 aliphatic carbocycles. The molecule has 2 unspecified atom stereocenters. The van der Waals surface area contributed by atoms with Crippen LogP contribution in [-0.4, -0.2) is 28.8 Å². The number of nitrogens with one attached hydrogen (secondary N) is 1. The Morgan fingerprint density at radius 1 is 1.32 bits per heavy atom. The van der Waals surface area contributed by atoms with Crippen molar-refractivity contribution in [3.05, 3.63) is 35.9 Å². The van der Waals surface area contributed by atoms with E-state index in [9.17, 15) is 15.0 Å². The maximum Gasteiger partial charge on any atom is 0.243 e. The third kappa shape index (κ3) is 5.53. The number of aromatic hydroxyl groups is 1. The van der Waals surface area contributed by atoms with Gasteiger partial charge in [0.05, 0.1) is 6.10 Å². The van der Waals surface area contributed by atoms with E-state index in [1.165, 1.54) is 12.5 Å². The molecule has 1 aliphatic rings. The first kappa shape index (κ1) is 16.6. The van der Waals surface area contributed by atoms with Crippen LogP contribution >= 0.6 is 0 Å². The number of benzene rings is 1. The largest absolute Gasteiger partial charge is 0.508 e. The molecule has 0 aromatic heterocycles. The first-order valence-electron chi connectivity index (χ1n) is 8.08. The lowest BCUT2D eigenvalue weighted by Gasteiger charge is -2.27. The highest BCUT2D eigenvalue weighted by atomic mass is 16.3. The van der Waals surface area contributed by atoms with Crippen molar-refractivity contribution >= 4 is 12.0 Å². The molecule has 4 heteroatoms. The lowest BCUT2D eigenvalue weighted by molar-refractivity contribution is -0.116.